The van der Waals surface area contributed by atoms with E-state index < -0.39 is 0 Å². The molecule has 0 aliphatic carbocycles. The number of nitrogens with one attached hydrogen (secondary N) is 1. The van der Waals surface area contributed by atoms with E-state index in [2.05, 4.69) is 33.0 Å². The van der Waals surface area contributed by atoms with E-state index in [9.17, 15) is 4.79 Å². The summed E-state index contributed by atoms with van der Waals surface area (Å²) >= 11 is 0. The smallest absolute Gasteiger partial charge is 0.227 e. The number of carbonyl (C=O) groups is 1. The maximum Gasteiger partial charge on any atom is 0.227 e. The van der Waals surface area contributed by atoms with Crippen LogP contribution in [0.25, 0.3) is 0 Å². The molecule has 0 saturated carbocycles. The van der Waals surface area contributed by atoms with Crippen LogP contribution in [0.2, 0.25) is 0 Å². The summed E-state index contributed by atoms with van der Waals surface area (Å²) in [5.41, 5.74) is 5.59. The number of unbranched alkanes of at least 4 members (excludes halogenated alkanes) is 3. The molecule has 3 heteroatoms. The van der Waals surface area contributed by atoms with Crippen molar-refractivity contribution in [2.24, 2.45) is 17.1 Å². The lowest BCUT2D eigenvalue weighted by atomic mass is 9.78. The maximum atomic E-state index is 12.5. The van der Waals surface area contributed by atoms with Crippen molar-refractivity contribution in [1.82, 2.24) is 5.32 Å². The average Bonchev–Trinajstić information content (AvgIpc) is 2.45. The van der Waals surface area contributed by atoms with Gasteiger partial charge in [-0.3, -0.25) is 4.79 Å². The summed E-state index contributed by atoms with van der Waals surface area (Å²) in [4.78, 5) is 12.5. The Kier molecular flexibility index (Phi) is 11.7. The zero-order valence-electron chi connectivity index (χ0n) is 14.8. The van der Waals surface area contributed by atoms with Crippen LogP contribution in [-0.4, -0.2) is 19.0 Å². The molecule has 1 amide bonds. The summed E-state index contributed by atoms with van der Waals surface area (Å²) in [5, 5.41) is 3.12. The first-order valence-electron chi connectivity index (χ1n) is 9.00. The lowest BCUT2D eigenvalue weighted by molar-refractivity contribution is -0.131. The van der Waals surface area contributed by atoms with E-state index >= 15 is 0 Å². The second-order valence-electron chi connectivity index (χ2n) is 6.84. The van der Waals surface area contributed by atoms with Crippen LogP contribution in [0, 0.1) is 11.3 Å². The lowest BCUT2D eigenvalue weighted by Crippen LogP contribution is -2.46. The molecule has 0 unspecified atom stereocenters. The van der Waals surface area contributed by atoms with E-state index in [1.54, 1.807) is 0 Å². The molecular formula is C18H38N2O. The number of amides is 1. The third kappa shape index (κ3) is 8.45. The van der Waals surface area contributed by atoms with E-state index in [0.29, 0.717) is 6.54 Å². The summed E-state index contributed by atoms with van der Waals surface area (Å²) in [6.07, 6.45) is 10.0. The van der Waals surface area contributed by atoms with Gasteiger partial charge in [-0.2, -0.15) is 0 Å². The van der Waals surface area contributed by atoms with Crippen molar-refractivity contribution in [2.75, 3.05) is 13.1 Å². The van der Waals surface area contributed by atoms with Crippen molar-refractivity contribution in [3.05, 3.63) is 0 Å². The number of hydrogen-bond donors (Lipinski definition) is 2. The second kappa shape index (κ2) is 12.0. The number of carbonyl (C=O) groups excluding carboxylic acids is 1. The van der Waals surface area contributed by atoms with Crippen LogP contribution in [0.4, 0.5) is 0 Å². The fraction of sp³-hybridized carbons (Fsp3) is 0.944. The minimum Gasteiger partial charge on any atom is -0.356 e. The Morgan fingerprint density at radius 1 is 1.05 bits per heavy atom. The molecule has 0 aliphatic heterocycles. The summed E-state index contributed by atoms with van der Waals surface area (Å²) in [5.74, 6) is 0.980. The fourth-order valence-corrected chi connectivity index (χ4v) is 3.03. The Bertz CT molecular complexity index is 258. The molecule has 126 valence electrons. The highest BCUT2D eigenvalue weighted by atomic mass is 16.2. The Hall–Kier alpha value is -0.570. The first kappa shape index (κ1) is 20.4. The SMILES string of the molecule is CCCC(CN)(CCC)C(=O)NCCCCCCC(C)C. The molecule has 0 atom stereocenters. The highest BCUT2D eigenvalue weighted by Crippen LogP contribution is 2.29. The molecule has 0 aromatic heterocycles. The molecule has 3 N–H and O–H groups in total. The highest BCUT2D eigenvalue weighted by Gasteiger charge is 2.34. The van der Waals surface area contributed by atoms with Crippen molar-refractivity contribution in [3.63, 3.8) is 0 Å². The molecule has 0 radical (unpaired) electrons. The van der Waals surface area contributed by atoms with Gasteiger partial charge in [-0.1, -0.05) is 66.2 Å². The number of rotatable bonds is 13. The van der Waals surface area contributed by atoms with Crippen molar-refractivity contribution >= 4 is 5.91 Å². The van der Waals surface area contributed by atoms with Crippen molar-refractivity contribution < 1.29 is 4.79 Å². The monoisotopic (exact) mass is 298 g/mol. The molecule has 0 heterocycles. The van der Waals surface area contributed by atoms with Gasteiger partial charge in [-0.25, -0.2) is 0 Å². The maximum absolute atomic E-state index is 12.5. The topological polar surface area (TPSA) is 55.1 Å². The Morgan fingerprint density at radius 2 is 1.62 bits per heavy atom. The molecule has 0 fully saturated rings. The molecule has 0 aromatic carbocycles. The molecule has 0 bridgehead atoms. The van der Waals surface area contributed by atoms with Gasteiger partial charge < -0.3 is 11.1 Å². The highest BCUT2D eigenvalue weighted by molar-refractivity contribution is 5.82. The largest absolute Gasteiger partial charge is 0.356 e. The van der Waals surface area contributed by atoms with E-state index in [-0.39, 0.29) is 11.3 Å². The van der Waals surface area contributed by atoms with Crippen LogP contribution in [0.15, 0.2) is 0 Å². The third-order valence-corrected chi connectivity index (χ3v) is 4.32. The minimum atomic E-state index is -0.332. The van der Waals surface area contributed by atoms with Crippen molar-refractivity contribution in [1.29, 1.82) is 0 Å². The number of hydrogen-bond acceptors (Lipinski definition) is 2. The minimum absolute atomic E-state index is 0.177. The van der Waals surface area contributed by atoms with Crippen LogP contribution >= 0.6 is 0 Å². The summed E-state index contributed by atoms with van der Waals surface area (Å²) in [7, 11) is 0. The Morgan fingerprint density at radius 3 is 2.10 bits per heavy atom. The first-order valence-corrected chi connectivity index (χ1v) is 9.00. The van der Waals surface area contributed by atoms with Gasteiger partial charge in [0.15, 0.2) is 0 Å². The fourth-order valence-electron chi connectivity index (χ4n) is 3.03. The van der Waals surface area contributed by atoms with Gasteiger partial charge in [0.2, 0.25) is 5.91 Å². The van der Waals surface area contributed by atoms with E-state index in [1.807, 2.05) is 0 Å². The van der Waals surface area contributed by atoms with Crippen LogP contribution in [0.1, 0.15) is 85.5 Å². The molecule has 0 rings (SSSR count). The molecule has 0 spiro atoms. The van der Waals surface area contributed by atoms with Crippen LogP contribution in [-0.2, 0) is 4.79 Å². The van der Waals surface area contributed by atoms with E-state index in [1.165, 1.54) is 25.7 Å². The molecule has 0 aliphatic rings. The van der Waals surface area contributed by atoms with Crippen LogP contribution in [0.5, 0.6) is 0 Å². The number of nitrogens with two attached hydrogens (primary N) is 1. The van der Waals surface area contributed by atoms with Gasteiger partial charge in [0.05, 0.1) is 5.41 Å². The Balaban J connectivity index is 3.98. The average molecular weight is 299 g/mol. The van der Waals surface area contributed by atoms with Gasteiger partial charge in [0, 0.05) is 13.1 Å². The van der Waals surface area contributed by atoms with E-state index in [0.717, 1.165) is 44.6 Å². The van der Waals surface area contributed by atoms with Crippen molar-refractivity contribution in [3.8, 4) is 0 Å². The molecule has 21 heavy (non-hydrogen) atoms. The van der Waals surface area contributed by atoms with Gasteiger partial charge in [-0.05, 0) is 25.2 Å². The summed E-state index contributed by atoms with van der Waals surface area (Å²) in [6, 6.07) is 0. The third-order valence-electron chi connectivity index (χ3n) is 4.32. The molecule has 0 saturated heterocycles. The van der Waals surface area contributed by atoms with E-state index in [4.69, 9.17) is 5.73 Å². The van der Waals surface area contributed by atoms with Crippen LogP contribution < -0.4 is 11.1 Å². The second-order valence-corrected chi connectivity index (χ2v) is 6.84. The normalized spacial score (nSPS) is 11.9. The summed E-state index contributed by atoms with van der Waals surface area (Å²) < 4.78 is 0. The molecule has 0 aromatic rings. The predicted molar refractivity (Wildman–Crippen MR) is 92.2 cm³/mol. The first-order chi connectivity index (χ1) is 10.0. The van der Waals surface area contributed by atoms with Gasteiger partial charge in [0.25, 0.3) is 0 Å². The predicted octanol–water partition coefficient (Wildman–Crippen LogP) is 4.25. The van der Waals surface area contributed by atoms with Gasteiger partial charge in [-0.15, -0.1) is 0 Å². The van der Waals surface area contributed by atoms with Crippen LogP contribution in [0.3, 0.4) is 0 Å². The zero-order valence-corrected chi connectivity index (χ0v) is 14.8. The standard InChI is InChI=1S/C18H38N2O/c1-5-12-18(15-19,13-6-2)17(21)20-14-10-8-7-9-11-16(3)4/h16H,5-15,19H2,1-4H3,(H,20,21). The molecule has 3 nitrogen and oxygen atoms in total. The lowest BCUT2D eigenvalue weighted by Gasteiger charge is -2.30. The molecular weight excluding hydrogens is 260 g/mol. The quantitative estimate of drug-likeness (QED) is 0.499. The summed E-state index contributed by atoms with van der Waals surface area (Å²) in [6.45, 7) is 10.1. The zero-order chi connectivity index (χ0) is 16.1. The van der Waals surface area contributed by atoms with Crippen molar-refractivity contribution in [2.45, 2.75) is 85.5 Å². The van der Waals surface area contributed by atoms with Gasteiger partial charge >= 0.3 is 0 Å². The van der Waals surface area contributed by atoms with Gasteiger partial charge in [0.1, 0.15) is 0 Å². The Labute approximate surface area is 132 Å².